The first kappa shape index (κ1) is 9.05. The minimum Gasteiger partial charge on any atom is -0.398 e. The van der Waals surface area contributed by atoms with Gasteiger partial charge in [0.05, 0.1) is 5.56 Å². The van der Waals surface area contributed by atoms with Crippen LogP contribution in [0, 0.1) is 0 Å². The summed E-state index contributed by atoms with van der Waals surface area (Å²) < 4.78 is 0. The van der Waals surface area contributed by atoms with E-state index in [1.54, 1.807) is 0 Å². The number of primary amides is 2. The molecule has 0 fully saturated rings. The average Bonchev–Trinajstić information content (AvgIpc) is 2.04. The summed E-state index contributed by atoms with van der Waals surface area (Å²) in [6.07, 6.45) is 0. The Morgan fingerprint density at radius 2 is 1.69 bits per heavy atom. The van der Waals surface area contributed by atoms with E-state index in [0.29, 0.717) is 0 Å². The number of benzene rings is 1. The Kier molecular flexibility index (Phi) is 2.19. The molecule has 5 heteroatoms. The lowest BCUT2D eigenvalue weighted by atomic mass is 10.1. The first-order valence-corrected chi connectivity index (χ1v) is 3.51. The van der Waals surface area contributed by atoms with Crippen molar-refractivity contribution in [2.75, 3.05) is 5.73 Å². The standard InChI is InChI=1S/C8H9N3O2/c9-6-2-1-4(7(10)12)3-5(6)8(11)13/h1-3H,9H2,(H2,10,12)(H2,11,13). The van der Waals surface area contributed by atoms with E-state index in [1.165, 1.54) is 18.2 Å². The molecule has 68 valence electrons. The summed E-state index contributed by atoms with van der Waals surface area (Å²) in [5.74, 6) is -1.30. The van der Waals surface area contributed by atoms with Crippen LogP contribution in [-0.4, -0.2) is 11.8 Å². The van der Waals surface area contributed by atoms with Crippen molar-refractivity contribution in [3.05, 3.63) is 29.3 Å². The van der Waals surface area contributed by atoms with E-state index in [9.17, 15) is 9.59 Å². The molecule has 6 N–H and O–H groups in total. The van der Waals surface area contributed by atoms with Gasteiger partial charge in [-0.05, 0) is 18.2 Å². The third kappa shape index (κ3) is 1.76. The highest BCUT2D eigenvalue weighted by molar-refractivity contribution is 6.01. The Hall–Kier alpha value is -2.04. The molecule has 5 nitrogen and oxygen atoms in total. The van der Waals surface area contributed by atoms with Gasteiger partial charge >= 0.3 is 0 Å². The second kappa shape index (κ2) is 3.14. The molecule has 0 bridgehead atoms. The van der Waals surface area contributed by atoms with Crippen LogP contribution >= 0.6 is 0 Å². The van der Waals surface area contributed by atoms with Crippen LogP contribution in [0.25, 0.3) is 0 Å². The summed E-state index contributed by atoms with van der Waals surface area (Å²) in [6.45, 7) is 0. The molecule has 0 unspecified atom stereocenters. The fourth-order valence-electron chi connectivity index (χ4n) is 0.923. The molecule has 0 aromatic heterocycles. The van der Waals surface area contributed by atoms with Crippen LogP contribution in [0.15, 0.2) is 18.2 Å². The van der Waals surface area contributed by atoms with Gasteiger partial charge in [0, 0.05) is 11.3 Å². The number of amides is 2. The number of nitrogen functional groups attached to an aromatic ring is 1. The predicted octanol–water partition coefficient (Wildman–Crippen LogP) is -0.533. The normalized spacial score (nSPS) is 9.54. The highest BCUT2D eigenvalue weighted by Crippen LogP contribution is 2.12. The predicted molar refractivity (Wildman–Crippen MR) is 47.9 cm³/mol. The van der Waals surface area contributed by atoms with Gasteiger partial charge in [0.15, 0.2) is 0 Å². The van der Waals surface area contributed by atoms with Gasteiger partial charge in [0.2, 0.25) is 5.91 Å². The van der Waals surface area contributed by atoms with Crippen LogP contribution in [0.4, 0.5) is 5.69 Å². The lowest BCUT2D eigenvalue weighted by molar-refractivity contribution is 0.0999. The van der Waals surface area contributed by atoms with Crippen molar-refractivity contribution in [2.45, 2.75) is 0 Å². The van der Waals surface area contributed by atoms with Crippen molar-refractivity contribution in [3.63, 3.8) is 0 Å². The van der Waals surface area contributed by atoms with Crippen molar-refractivity contribution in [1.29, 1.82) is 0 Å². The maximum atomic E-state index is 10.8. The zero-order chi connectivity index (χ0) is 10.0. The maximum Gasteiger partial charge on any atom is 0.250 e. The zero-order valence-corrected chi connectivity index (χ0v) is 6.78. The van der Waals surface area contributed by atoms with Crippen molar-refractivity contribution < 1.29 is 9.59 Å². The van der Waals surface area contributed by atoms with E-state index in [0.717, 1.165) is 0 Å². The number of carbonyl (C=O) groups is 2. The quantitative estimate of drug-likeness (QED) is 0.530. The number of hydrogen-bond acceptors (Lipinski definition) is 3. The molecule has 0 spiro atoms. The summed E-state index contributed by atoms with van der Waals surface area (Å²) >= 11 is 0. The third-order valence-corrected chi connectivity index (χ3v) is 1.60. The first-order valence-electron chi connectivity index (χ1n) is 3.51. The van der Waals surface area contributed by atoms with Gasteiger partial charge in [-0.15, -0.1) is 0 Å². The second-order valence-electron chi connectivity index (χ2n) is 2.53. The SMILES string of the molecule is NC(=O)c1ccc(N)c(C(N)=O)c1. The molecule has 0 radical (unpaired) electrons. The summed E-state index contributed by atoms with van der Waals surface area (Å²) in [7, 11) is 0. The van der Waals surface area contributed by atoms with Gasteiger partial charge in [-0.1, -0.05) is 0 Å². The lowest BCUT2D eigenvalue weighted by Gasteiger charge is -2.02. The average molecular weight is 179 g/mol. The van der Waals surface area contributed by atoms with Crippen LogP contribution in [-0.2, 0) is 0 Å². The molecule has 0 atom stereocenters. The van der Waals surface area contributed by atoms with E-state index >= 15 is 0 Å². The highest BCUT2D eigenvalue weighted by atomic mass is 16.1. The minimum atomic E-state index is -0.680. The van der Waals surface area contributed by atoms with E-state index in [2.05, 4.69) is 0 Å². The maximum absolute atomic E-state index is 10.8. The fourth-order valence-corrected chi connectivity index (χ4v) is 0.923. The highest BCUT2D eigenvalue weighted by Gasteiger charge is 2.08. The molecule has 0 aliphatic rings. The van der Waals surface area contributed by atoms with E-state index in [-0.39, 0.29) is 16.8 Å². The molecule has 0 aliphatic carbocycles. The molecular weight excluding hydrogens is 170 g/mol. The number of carbonyl (C=O) groups excluding carboxylic acids is 2. The van der Waals surface area contributed by atoms with E-state index < -0.39 is 11.8 Å². The zero-order valence-electron chi connectivity index (χ0n) is 6.78. The molecule has 0 saturated carbocycles. The van der Waals surface area contributed by atoms with Crippen molar-refractivity contribution in [2.24, 2.45) is 11.5 Å². The molecule has 0 aliphatic heterocycles. The Bertz CT molecular complexity index is 374. The molecule has 1 aromatic carbocycles. The summed E-state index contributed by atoms with van der Waals surface area (Å²) in [6, 6.07) is 4.13. The van der Waals surface area contributed by atoms with E-state index in [1.807, 2.05) is 0 Å². The fraction of sp³-hybridized carbons (Fsp3) is 0. The first-order chi connectivity index (χ1) is 6.02. The lowest BCUT2D eigenvalue weighted by Crippen LogP contribution is -2.17. The molecule has 1 rings (SSSR count). The van der Waals surface area contributed by atoms with Crippen LogP contribution in [0.2, 0.25) is 0 Å². The van der Waals surface area contributed by atoms with Crippen molar-refractivity contribution >= 4 is 17.5 Å². The van der Waals surface area contributed by atoms with Gasteiger partial charge in [0.25, 0.3) is 5.91 Å². The van der Waals surface area contributed by atoms with Crippen LogP contribution < -0.4 is 17.2 Å². The Balaban J connectivity index is 3.27. The molecule has 0 heterocycles. The van der Waals surface area contributed by atoms with Crippen LogP contribution in [0.3, 0.4) is 0 Å². The molecular formula is C8H9N3O2. The largest absolute Gasteiger partial charge is 0.398 e. The molecule has 0 saturated heterocycles. The van der Waals surface area contributed by atoms with Gasteiger partial charge in [-0.3, -0.25) is 9.59 Å². The Morgan fingerprint density at radius 3 is 2.15 bits per heavy atom. The molecule has 13 heavy (non-hydrogen) atoms. The van der Waals surface area contributed by atoms with Crippen LogP contribution in [0.5, 0.6) is 0 Å². The summed E-state index contributed by atoms with van der Waals surface area (Å²) in [4.78, 5) is 21.5. The van der Waals surface area contributed by atoms with E-state index in [4.69, 9.17) is 17.2 Å². The Labute approximate surface area is 74.5 Å². The topological polar surface area (TPSA) is 112 Å². The van der Waals surface area contributed by atoms with Gasteiger partial charge in [-0.25, -0.2) is 0 Å². The molecule has 2 amide bonds. The monoisotopic (exact) mass is 179 g/mol. The second-order valence-corrected chi connectivity index (χ2v) is 2.53. The summed E-state index contributed by atoms with van der Waals surface area (Å²) in [5, 5.41) is 0. The number of rotatable bonds is 2. The van der Waals surface area contributed by atoms with Crippen LogP contribution in [0.1, 0.15) is 20.7 Å². The van der Waals surface area contributed by atoms with Gasteiger partial charge < -0.3 is 17.2 Å². The minimum absolute atomic E-state index is 0.108. The summed E-state index contributed by atoms with van der Waals surface area (Å²) in [5.41, 5.74) is 16.0. The molecule has 1 aromatic rings. The van der Waals surface area contributed by atoms with Gasteiger partial charge in [0.1, 0.15) is 0 Å². The van der Waals surface area contributed by atoms with Gasteiger partial charge in [-0.2, -0.15) is 0 Å². The smallest absolute Gasteiger partial charge is 0.250 e. The number of nitrogens with two attached hydrogens (primary N) is 3. The van der Waals surface area contributed by atoms with Crippen molar-refractivity contribution in [3.8, 4) is 0 Å². The Morgan fingerprint density at radius 1 is 1.08 bits per heavy atom. The number of anilines is 1. The van der Waals surface area contributed by atoms with Crippen molar-refractivity contribution in [1.82, 2.24) is 0 Å². The number of hydrogen-bond donors (Lipinski definition) is 3. The third-order valence-electron chi connectivity index (χ3n) is 1.60.